The third-order valence-electron chi connectivity index (χ3n) is 5.46. The van der Waals surface area contributed by atoms with Gasteiger partial charge in [0.15, 0.2) is 0 Å². The van der Waals surface area contributed by atoms with Crippen molar-refractivity contribution in [2.75, 3.05) is 23.3 Å². The van der Waals surface area contributed by atoms with Crippen LogP contribution in [0.5, 0.6) is 0 Å². The second-order valence-electron chi connectivity index (χ2n) is 8.41. The van der Waals surface area contributed by atoms with Gasteiger partial charge >= 0.3 is 0 Å². The third kappa shape index (κ3) is 5.31. The van der Waals surface area contributed by atoms with Crippen LogP contribution in [0.4, 0.5) is 11.6 Å². The van der Waals surface area contributed by atoms with Crippen LogP contribution in [-0.4, -0.2) is 41.2 Å². The number of amides is 1. The summed E-state index contributed by atoms with van der Waals surface area (Å²) in [6.45, 7) is 9.60. The molecule has 0 aliphatic carbocycles. The molecule has 0 unspecified atom stereocenters. The quantitative estimate of drug-likeness (QED) is 0.510. The molecule has 1 aliphatic rings. The number of anilines is 2. The minimum atomic E-state index is -0.328. The number of carbonyl (C=O) groups is 1. The summed E-state index contributed by atoms with van der Waals surface area (Å²) in [6, 6.07) is 3.75. The molecule has 2 aromatic heterocycles. The number of rotatable bonds is 7. The zero-order chi connectivity index (χ0) is 22.5. The first kappa shape index (κ1) is 22.5. The predicted octanol–water partition coefficient (Wildman–Crippen LogP) is 3.13. The van der Waals surface area contributed by atoms with Gasteiger partial charge in [0.05, 0.1) is 5.56 Å². The van der Waals surface area contributed by atoms with Gasteiger partial charge in [-0.2, -0.15) is 0 Å². The van der Waals surface area contributed by atoms with Gasteiger partial charge in [-0.05, 0) is 64.7 Å². The van der Waals surface area contributed by atoms with Gasteiger partial charge in [0.1, 0.15) is 11.6 Å². The molecule has 1 amide bonds. The zero-order valence-electron chi connectivity index (χ0n) is 18.8. The summed E-state index contributed by atoms with van der Waals surface area (Å²) in [4.78, 5) is 35.2. The molecule has 2 aromatic rings. The molecule has 0 aromatic carbocycles. The molecular weight excluding hydrogens is 392 g/mol. The molecule has 8 heteroatoms. The van der Waals surface area contributed by atoms with Gasteiger partial charge in [-0.25, -0.2) is 4.98 Å². The Kier molecular flexibility index (Phi) is 7.09. The first-order valence-electron chi connectivity index (χ1n) is 10.8. The van der Waals surface area contributed by atoms with Crippen molar-refractivity contribution in [3.63, 3.8) is 0 Å². The molecule has 3 heterocycles. The van der Waals surface area contributed by atoms with Crippen molar-refractivity contribution in [3.05, 3.63) is 50.4 Å². The molecule has 166 valence electrons. The van der Waals surface area contributed by atoms with Crippen molar-refractivity contribution in [2.45, 2.75) is 59.5 Å². The van der Waals surface area contributed by atoms with E-state index in [1.807, 2.05) is 33.8 Å². The molecule has 0 atom stereocenters. The van der Waals surface area contributed by atoms with Crippen LogP contribution in [0.3, 0.4) is 0 Å². The zero-order valence-corrected chi connectivity index (χ0v) is 18.8. The molecule has 1 fully saturated rings. The van der Waals surface area contributed by atoms with E-state index >= 15 is 0 Å². The monoisotopic (exact) mass is 424 g/mol. The van der Waals surface area contributed by atoms with Crippen molar-refractivity contribution in [1.82, 2.24) is 15.3 Å². The summed E-state index contributed by atoms with van der Waals surface area (Å²) in [5, 5.41) is 14.1. The van der Waals surface area contributed by atoms with Crippen molar-refractivity contribution in [3.8, 4) is 0 Å². The maximum absolute atomic E-state index is 13.2. The summed E-state index contributed by atoms with van der Waals surface area (Å²) in [6.07, 6.45) is 4.55. The van der Waals surface area contributed by atoms with E-state index in [0.29, 0.717) is 22.5 Å². The Bertz CT molecular complexity index is 1020. The summed E-state index contributed by atoms with van der Waals surface area (Å²) in [7, 11) is 0. The topological polar surface area (TPSA) is 114 Å². The number of nitrogens with one attached hydrogen (secondary N) is 4. The number of aromatic nitrogens is 2. The van der Waals surface area contributed by atoms with Crippen LogP contribution in [0, 0.1) is 19.3 Å². The van der Waals surface area contributed by atoms with E-state index in [9.17, 15) is 9.59 Å². The van der Waals surface area contributed by atoms with Gasteiger partial charge in [-0.3, -0.25) is 9.59 Å². The van der Waals surface area contributed by atoms with E-state index in [1.54, 1.807) is 6.07 Å². The Hall–Kier alpha value is -3.16. The number of H-pyrrole nitrogens is 1. The summed E-state index contributed by atoms with van der Waals surface area (Å²) >= 11 is 0. The number of carbonyl (C=O) groups excluding carboxylic acids is 1. The molecule has 1 saturated heterocycles. The minimum absolute atomic E-state index is 0.104. The van der Waals surface area contributed by atoms with Crippen molar-refractivity contribution < 1.29 is 4.79 Å². The molecule has 1 aliphatic heterocycles. The lowest BCUT2D eigenvalue weighted by molar-refractivity contribution is 0.0950. The SMILES string of the molecule is Cc1cc(C)c(CNC(=O)c2cc(N3CCCCC3)nc(NC(C)C)c2C=N)c(=O)[nH]1. The second kappa shape index (κ2) is 9.76. The third-order valence-corrected chi connectivity index (χ3v) is 5.46. The molecular formula is C23H32N6O2. The van der Waals surface area contributed by atoms with E-state index in [-0.39, 0.29) is 24.1 Å². The Balaban J connectivity index is 1.94. The standard InChI is InChI=1S/C23H32N6O2/c1-14(2)26-21-18(12-24)17(11-20(28-21)29-8-6-5-7-9-29)22(30)25-13-19-15(3)10-16(4)27-23(19)31/h10-12,14,24H,5-9,13H2,1-4H3,(H,25,30)(H,26,28)(H,27,31). The molecule has 31 heavy (non-hydrogen) atoms. The average Bonchev–Trinajstić information content (AvgIpc) is 2.72. The fourth-order valence-corrected chi connectivity index (χ4v) is 3.91. The van der Waals surface area contributed by atoms with Crippen molar-refractivity contribution in [1.29, 1.82) is 5.41 Å². The van der Waals surface area contributed by atoms with Crippen molar-refractivity contribution >= 4 is 23.8 Å². The van der Waals surface area contributed by atoms with Crippen LogP contribution in [0.1, 0.15) is 65.9 Å². The van der Waals surface area contributed by atoms with Gasteiger partial charge in [0.25, 0.3) is 11.5 Å². The van der Waals surface area contributed by atoms with E-state index in [2.05, 4.69) is 20.5 Å². The number of piperidine rings is 1. The van der Waals surface area contributed by atoms with Gasteiger partial charge in [0.2, 0.25) is 0 Å². The molecule has 0 bridgehead atoms. The number of hydrogen-bond donors (Lipinski definition) is 4. The maximum Gasteiger partial charge on any atom is 0.253 e. The average molecular weight is 425 g/mol. The molecule has 0 saturated carbocycles. The fourth-order valence-electron chi connectivity index (χ4n) is 3.91. The Morgan fingerprint density at radius 1 is 1.26 bits per heavy atom. The minimum Gasteiger partial charge on any atom is -0.367 e. The van der Waals surface area contributed by atoms with E-state index in [4.69, 9.17) is 10.4 Å². The number of nitrogens with zero attached hydrogens (tertiary/aromatic N) is 2. The summed E-state index contributed by atoms with van der Waals surface area (Å²) < 4.78 is 0. The van der Waals surface area contributed by atoms with Crippen LogP contribution < -0.4 is 21.1 Å². The Labute approximate surface area is 183 Å². The lowest BCUT2D eigenvalue weighted by Gasteiger charge is -2.29. The van der Waals surface area contributed by atoms with Crippen LogP contribution in [0.25, 0.3) is 0 Å². The number of hydrogen-bond acceptors (Lipinski definition) is 6. The highest BCUT2D eigenvalue weighted by Gasteiger charge is 2.21. The Morgan fingerprint density at radius 3 is 2.58 bits per heavy atom. The predicted molar refractivity (Wildman–Crippen MR) is 125 cm³/mol. The van der Waals surface area contributed by atoms with Gasteiger partial charge in [-0.1, -0.05) is 0 Å². The lowest BCUT2D eigenvalue weighted by atomic mass is 10.1. The van der Waals surface area contributed by atoms with Gasteiger partial charge in [0, 0.05) is 48.7 Å². The van der Waals surface area contributed by atoms with Gasteiger partial charge < -0.3 is 25.9 Å². The maximum atomic E-state index is 13.2. The molecule has 8 nitrogen and oxygen atoms in total. The summed E-state index contributed by atoms with van der Waals surface area (Å²) in [5.74, 6) is 0.941. The number of aromatic amines is 1. The molecule has 3 rings (SSSR count). The first-order chi connectivity index (χ1) is 14.8. The largest absolute Gasteiger partial charge is 0.367 e. The highest BCUT2D eigenvalue weighted by molar-refractivity contribution is 6.05. The normalized spacial score (nSPS) is 13.9. The highest BCUT2D eigenvalue weighted by Crippen LogP contribution is 2.26. The first-order valence-corrected chi connectivity index (χ1v) is 10.8. The van der Waals surface area contributed by atoms with Crippen molar-refractivity contribution in [2.24, 2.45) is 0 Å². The Morgan fingerprint density at radius 2 is 1.97 bits per heavy atom. The number of pyridine rings is 2. The van der Waals surface area contributed by atoms with E-state index < -0.39 is 0 Å². The fraction of sp³-hybridized carbons (Fsp3) is 0.478. The van der Waals surface area contributed by atoms with Crippen LogP contribution in [0.2, 0.25) is 0 Å². The van der Waals surface area contributed by atoms with E-state index in [1.165, 1.54) is 6.42 Å². The second-order valence-corrected chi connectivity index (χ2v) is 8.41. The highest BCUT2D eigenvalue weighted by atomic mass is 16.1. The van der Waals surface area contributed by atoms with Crippen LogP contribution in [-0.2, 0) is 6.54 Å². The lowest BCUT2D eigenvalue weighted by Crippen LogP contribution is -2.32. The number of aryl methyl sites for hydroxylation is 2. The molecule has 4 N–H and O–H groups in total. The van der Waals surface area contributed by atoms with E-state index in [0.717, 1.165) is 49.2 Å². The molecule has 0 radical (unpaired) electrons. The smallest absolute Gasteiger partial charge is 0.253 e. The van der Waals surface area contributed by atoms with Gasteiger partial charge in [-0.15, -0.1) is 0 Å². The summed E-state index contributed by atoms with van der Waals surface area (Å²) in [5.41, 5.74) is 2.78. The van der Waals surface area contributed by atoms with Crippen LogP contribution >= 0.6 is 0 Å². The molecule has 0 spiro atoms. The van der Waals surface area contributed by atoms with Crippen LogP contribution in [0.15, 0.2) is 16.9 Å².